The highest BCUT2D eigenvalue weighted by molar-refractivity contribution is 5.81. The Labute approximate surface area is 88.9 Å². The summed E-state index contributed by atoms with van der Waals surface area (Å²) in [6.07, 6.45) is 3.96. The Morgan fingerprint density at radius 3 is 2.80 bits per heavy atom. The van der Waals surface area contributed by atoms with Crippen LogP contribution in [0.25, 0.3) is 0 Å². The van der Waals surface area contributed by atoms with Crippen molar-refractivity contribution in [2.45, 2.75) is 31.8 Å². The second-order valence-corrected chi connectivity index (χ2v) is 4.01. The van der Waals surface area contributed by atoms with Gasteiger partial charge in [-0.05, 0) is 31.4 Å². The maximum atomic E-state index is 11.3. The largest absolute Gasteiger partial charge is 0.368 e. The van der Waals surface area contributed by atoms with Gasteiger partial charge in [0.1, 0.15) is 6.04 Å². The van der Waals surface area contributed by atoms with Gasteiger partial charge < -0.3 is 5.73 Å². The van der Waals surface area contributed by atoms with Gasteiger partial charge in [-0.3, -0.25) is 15.1 Å². The molecule has 0 bridgehead atoms. The van der Waals surface area contributed by atoms with E-state index in [-0.39, 0.29) is 5.91 Å². The van der Waals surface area contributed by atoms with Crippen molar-refractivity contribution < 1.29 is 4.79 Å². The number of pyridine rings is 1. The lowest BCUT2D eigenvalue weighted by molar-refractivity contribution is -0.120. The van der Waals surface area contributed by atoms with E-state index in [0.717, 1.165) is 24.1 Å². The zero-order valence-corrected chi connectivity index (χ0v) is 8.73. The summed E-state index contributed by atoms with van der Waals surface area (Å²) in [5.74, 6) is -0.340. The molecule has 1 amide bonds. The summed E-state index contributed by atoms with van der Waals surface area (Å²) in [5, 5.41) is 3.21. The first kappa shape index (κ1) is 10.1. The van der Waals surface area contributed by atoms with Gasteiger partial charge in [-0.25, -0.2) is 0 Å². The van der Waals surface area contributed by atoms with Gasteiger partial charge in [-0.15, -0.1) is 0 Å². The van der Waals surface area contributed by atoms with Crippen molar-refractivity contribution in [3.63, 3.8) is 0 Å². The Morgan fingerprint density at radius 2 is 2.33 bits per heavy atom. The SMILES string of the molecule is Cc1ccc(C(NC2CC2)C(N)=O)cn1. The molecule has 3 N–H and O–H groups in total. The van der Waals surface area contributed by atoms with Crippen LogP contribution in [0.15, 0.2) is 18.3 Å². The fourth-order valence-corrected chi connectivity index (χ4v) is 1.48. The second kappa shape index (κ2) is 3.98. The summed E-state index contributed by atoms with van der Waals surface area (Å²) in [7, 11) is 0. The molecule has 0 aromatic carbocycles. The molecule has 1 heterocycles. The Bertz CT molecular complexity index is 357. The van der Waals surface area contributed by atoms with Crippen LogP contribution in [0.5, 0.6) is 0 Å². The van der Waals surface area contributed by atoms with Crippen LogP contribution >= 0.6 is 0 Å². The van der Waals surface area contributed by atoms with Gasteiger partial charge in [0.05, 0.1) is 0 Å². The number of hydrogen-bond donors (Lipinski definition) is 2. The van der Waals surface area contributed by atoms with Crippen molar-refractivity contribution in [2.24, 2.45) is 5.73 Å². The number of nitrogens with one attached hydrogen (secondary N) is 1. The summed E-state index contributed by atoms with van der Waals surface area (Å²) in [4.78, 5) is 15.4. The molecule has 4 nitrogen and oxygen atoms in total. The summed E-state index contributed by atoms with van der Waals surface area (Å²) in [5.41, 5.74) is 7.14. The summed E-state index contributed by atoms with van der Waals surface area (Å²) in [6.45, 7) is 1.91. The van der Waals surface area contributed by atoms with E-state index in [1.54, 1.807) is 6.20 Å². The van der Waals surface area contributed by atoms with E-state index in [0.29, 0.717) is 6.04 Å². The van der Waals surface area contributed by atoms with Gasteiger partial charge in [0.2, 0.25) is 5.91 Å². The molecule has 1 atom stereocenters. The zero-order chi connectivity index (χ0) is 10.8. The molecule has 1 saturated carbocycles. The quantitative estimate of drug-likeness (QED) is 0.759. The molecule has 0 saturated heterocycles. The first-order valence-corrected chi connectivity index (χ1v) is 5.15. The van der Waals surface area contributed by atoms with Crippen molar-refractivity contribution in [3.05, 3.63) is 29.6 Å². The molecule has 1 fully saturated rings. The van der Waals surface area contributed by atoms with Gasteiger partial charge in [0.25, 0.3) is 0 Å². The lowest BCUT2D eigenvalue weighted by atomic mass is 10.1. The monoisotopic (exact) mass is 205 g/mol. The molecule has 1 unspecified atom stereocenters. The number of nitrogens with two attached hydrogens (primary N) is 1. The van der Waals surface area contributed by atoms with Crippen molar-refractivity contribution in [1.82, 2.24) is 10.3 Å². The number of primary amides is 1. The van der Waals surface area contributed by atoms with Gasteiger partial charge in [0.15, 0.2) is 0 Å². The highest BCUT2D eigenvalue weighted by Gasteiger charge is 2.28. The molecule has 0 spiro atoms. The molecule has 1 aliphatic carbocycles. The summed E-state index contributed by atoms with van der Waals surface area (Å²) >= 11 is 0. The third-order valence-corrected chi connectivity index (χ3v) is 2.53. The van der Waals surface area contributed by atoms with Gasteiger partial charge in [0, 0.05) is 17.9 Å². The average Bonchev–Trinajstić information content (AvgIpc) is 2.99. The predicted octanol–water partition coefficient (Wildman–Crippen LogP) is 0.668. The molecule has 0 radical (unpaired) electrons. The highest BCUT2D eigenvalue weighted by atomic mass is 16.1. The first-order valence-electron chi connectivity index (χ1n) is 5.15. The second-order valence-electron chi connectivity index (χ2n) is 4.01. The normalized spacial score (nSPS) is 17.4. The van der Waals surface area contributed by atoms with Crippen LogP contribution in [-0.4, -0.2) is 16.9 Å². The van der Waals surface area contributed by atoms with Crippen LogP contribution < -0.4 is 11.1 Å². The van der Waals surface area contributed by atoms with Crippen LogP contribution in [0.2, 0.25) is 0 Å². The van der Waals surface area contributed by atoms with Crippen LogP contribution in [-0.2, 0) is 4.79 Å². The van der Waals surface area contributed by atoms with Crippen LogP contribution in [0.4, 0.5) is 0 Å². The van der Waals surface area contributed by atoms with E-state index < -0.39 is 6.04 Å². The Balaban J connectivity index is 2.15. The maximum absolute atomic E-state index is 11.3. The van der Waals surface area contributed by atoms with E-state index in [9.17, 15) is 4.79 Å². The fraction of sp³-hybridized carbons (Fsp3) is 0.455. The molecule has 1 aliphatic rings. The molecule has 1 aromatic heterocycles. The number of amides is 1. The van der Waals surface area contributed by atoms with E-state index in [1.165, 1.54) is 0 Å². The van der Waals surface area contributed by atoms with E-state index in [2.05, 4.69) is 10.3 Å². The third kappa shape index (κ3) is 2.53. The Kier molecular flexibility index (Phi) is 2.68. The molecule has 15 heavy (non-hydrogen) atoms. The minimum absolute atomic E-state index is 0.340. The number of rotatable bonds is 4. The average molecular weight is 205 g/mol. The third-order valence-electron chi connectivity index (χ3n) is 2.53. The lowest BCUT2D eigenvalue weighted by Crippen LogP contribution is -2.34. The first-order chi connectivity index (χ1) is 7.16. The van der Waals surface area contributed by atoms with Gasteiger partial charge >= 0.3 is 0 Å². The molecule has 80 valence electrons. The van der Waals surface area contributed by atoms with Crippen molar-refractivity contribution >= 4 is 5.91 Å². The Morgan fingerprint density at radius 1 is 1.60 bits per heavy atom. The number of hydrogen-bond acceptors (Lipinski definition) is 3. The van der Waals surface area contributed by atoms with Crippen LogP contribution in [0, 0.1) is 6.92 Å². The number of aromatic nitrogens is 1. The van der Waals surface area contributed by atoms with Crippen molar-refractivity contribution in [1.29, 1.82) is 0 Å². The van der Waals surface area contributed by atoms with Gasteiger partial charge in [-0.2, -0.15) is 0 Å². The zero-order valence-electron chi connectivity index (χ0n) is 8.73. The van der Waals surface area contributed by atoms with E-state index in [1.807, 2.05) is 19.1 Å². The molecule has 0 aliphatic heterocycles. The number of aryl methyl sites for hydroxylation is 1. The van der Waals surface area contributed by atoms with Gasteiger partial charge in [-0.1, -0.05) is 6.07 Å². The van der Waals surface area contributed by atoms with Crippen LogP contribution in [0.3, 0.4) is 0 Å². The van der Waals surface area contributed by atoms with E-state index >= 15 is 0 Å². The van der Waals surface area contributed by atoms with E-state index in [4.69, 9.17) is 5.73 Å². The van der Waals surface area contributed by atoms with Crippen LogP contribution in [0.1, 0.15) is 30.1 Å². The fourth-order valence-electron chi connectivity index (χ4n) is 1.48. The summed E-state index contributed by atoms with van der Waals surface area (Å²) in [6, 6.07) is 3.84. The summed E-state index contributed by atoms with van der Waals surface area (Å²) < 4.78 is 0. The molecule has 1 aromatic rings. The Hall–Kier alpha value is -1.42. The smallest absolute Gasteiger partial charge is 0.239 e. The highest BCUT2D eigenvalue weighted by Crippen LogP contribution is 2.23. The number of nitrogens with zero attached hydrogens (tertiary/aromatic N) is 1. The molecule has 4 heteroatoms. The lowest BCUT2D eigenvalue weighted by Gasteiger charge is -2.14. The number of carbonyl (C=O) groups is 1. The standard InChI is InChI=1S/C11H15N3O/c1-7-2-3-8(6-13-7)10(11(12)15)14-9-4-5-9/h2-3,6,9-10,14H,4-5H2,1H3,(H2,12,15). The number of carbonyl (C=O) groups excluding carboxylic acids is 1. The predicted molar refractivity (Wildman–Crippen MR) is 57.1 cm³/mol. The topological polar surface area (TPSA) is 68.0 Å². The molecular formula is C11H15N3O. The van der Waals surface area contributed by atoms with Crippen molar-refractivity contribution in [3.8, 4) is 0 Å². The maximum Gasteiger partial charge on any atom is 0.239 e. The minimum atomic E-state index is -0.398. The molecule has 2 rings (SSSR count). The van der Waals surface area contributed by atoms with Crippen molar-refractivity contribution in [2.75, 3.05) is 0 Å². The molecular weight excluding hydrogens is 190 g/mol. The minimum Gasteiger partial charge on any atom is -0.368 e.